The molecular weight excluding hydrogens is 293 g/mol. The molecule has 0 saturated carbocycles. The van der Waals surface area contributed by atoms with Gasteiger partial charge in [0, 0.05) is 0 Å². The van der Waals surface area contributed by atoms with Gasteiger partial charge in [-0.3, -0.25) is 0 Å². The molecule has 2 rings (SSSR count). The summed E-state index contributed by atoms with van der Waals surface area (Å²) in [5.41, 5.74) is 0. The summed E-state index contributed by atoms with van der Waals surface area (Å²) in [6.45, 7) is 3.97. The Balaban J connectivity index is 2.07. The number of rotatable bonds is 3. The third kappa shape index (κ3) is 2.89. The van der Waals surface area contributed by atoms with Crippen LogP contribution in [0.15, 0.2) is 43.0 Å². The zero-order valence-corrected chi connectivity index (χ0v) is 11.8. The first-order valence-electron chi connectivity index (χ1n) is 5.92. The Labute approximate surface area is 113 Å². The van der Waals surface area contributed by atoms with Crippen LogP contribution in [0, 0.1) is 0 Å². The first kappa shape index (κ1) is 13.1. The zero-order valence-electron chi connectivity index (χ0n) is 10.0. The van der Waals surface area contributed by atoms with E-state index in [9.17, 15) is 9.59 Å². The van der Waals surface area contributed by atoms with Gasteiger partial charge in [-0.2, -0.15) is 0 Å². The molecule has 1 fully saturated rings. The van der Waals surface area contributed by atoms with Crippen molar-refractivity contribution in [2.45, 2.75) is 17.7 Å². The van der Waals surface area contributed by atoms with Crippen molar-refractivity contribution in [1.82, 2.24) is 4.90 Å². The number of nitrogens with zero attached hydrogens (tertiary/aromatic N) is 1. The van der Waals surface area contributed by atoms with Crippen LogP contribution >= 0.6 is 0 Å². The molecule has 1 aliphatic heterocycles. The summed E-state index contributed by atoms with van der Waals surface area (Å²) in [7, 11) is 0. The molecule has 0 bridgehead atoms. The molecule has 1 heterocycles. The van der Waals surface area contributed by atoms with Crippen molar-refractivity contribution in [2.24, 2.45) is 0 Å². The van der Waals surface area contributed by atoms with Crippen LogP contribution in [0.4, 0.5) is 0 Å². The van der Waals surface area contributed by atoms with E-state index < -0.39 is 0 Å². The van der Waals surface area contributed by atoms with Gasteiger partial charge in [0.1, 0.15) is 0 Å². The summed E-state index contributed by atoms with van der Waals surface area (Å²) in [5.74, 6) is -0.302. The molecule has 4 heteroatoms. The molecule has 0 radical (unpaired) electrons. The van der Waals surface area contributed by atoms with E-state index in [0.717, 1.165) is 12.8 Å². The maximum atomic E-state index is 12.2. The van der Waals surface area contributed by atoms with Gasteiger partial charge < -0.3 is 0 Å². The summed E-state index contributed by atoms with van der Waals surface area (Å²) in [6.07, 6.45) is 3.00. The van der Waals surface area contributed by atoms with Gasteiger partial charge in [-0.05, 0) is 0 Å². The fourth-order valence-electron chi connectivity index (χ4n) is 1.94. The zero-order chi connectivity index (χ0) is 13.0. The average Bonchev–Trinajstić information content (AvgIpc) is 2.41. The van der Waals surface area contributed by atoms with Crippen molar-refractivity contribution >= 4 is 31.2 Å². The quantitative estimate of drug-likeness (QED) is 0.620. The summed E-state index contributed by atoms with van der Waals surface area (Å²) in [4.78, 5) is 25.1. The first-order chi connectivity index (χ1) is 8.72. The molecule has 18 heavy (non-hydrogen) atoms. The van der Waals surface area contributed by atoms with Crippen LogP contribution in [-0.4, -0.2) is 38.2 Å². The Morgan fingerprint density at radius 1 is 1.39 bits per heavy atom. The predicted octanol–water partition coefficient (Wildman–Crippen LogP) is 1.14. The number of benzene rings is 1. The van der Waals surface area contributed by atoms with Crippen LogP contribution < -0.4 is 4.46 Å². The van der Waals surface area contributed by atoms with Crippen LogP contribution in [0.2, 0.25) is 4.82 Å². The monoisotopic (exact) mass is 309 g/mol. The van der Waals surface area contributed by atoms with E-state index >= 15 is 0 Å². The summed E-state index contributed by atoms with van der Waals surface area (Å²) >= 11 is 0.0957. The Kier molecular flexibility index (Phi) is 4.34. The second-order valence-corrected chi connectivity index (χ2v) is 6.77. The molecule has 2 amide bonds. The van der Waals surface area contributed by atoms with E-state index in [4.69, 9.17) is 0 Å². The third-order valence-corrected chi connectivity index (χ3v) is 5.51. The van der Waals surface area contributed by atoms with Gasteiger partial charge in [-0.1, -0.05) is 0 Å². The van der Waals surface area contributed by atoms with Crippen molar-refractivity contribution in [1.29, 1.82) is 0 Å². The van der Waals surface area contributed by atoms with Gasteiger partial charge in [0.15, 0.2) is 0 Å². The molecule has 0 spiro atoms. The summed E-state index contributed by atoms with van der Waals surface area (Å²) in [6, 6.07) is 10.0. The van der Waals surface area contributed by atoms with Gasteiger partial charge >= 0.3 is 113 Å². The van der Waals surface area contributed by atoms with E-state index in [1.165, 1.54) is 15.4 Å². The van der Waals surface area contributed by atoms with E-state index in [0.29, 0.717) is 6.54 Å². The van der Waals surface area contributed by atoms with Crippen LogP contribution in [0.5, 0.6) is 0 Å². The minimum absolute atomic E-state index is 0.0162. The van der Waals surface area contributed by atoms with Crippen molar-refractivity contribution in [3.8, 4) is 0 Å². The molecule has 0 aliphatic carbocycles. The maximum absolute atomic E-state index is 12.2. The molecular formula is C14H15NO2Se. The van der Waals surface area contributed by atoms with E-state index in [1.807, 2.05) is 30.3 Å². The second-order valence-electron chi connectivity index (χ2n) is 4.09. The van der Waals surface area contributed by atoms with Crippen molar-refractivity contribution in [3.05, 3.63) is 43.0 Å². The van der Waals surface area contributed by atoms with Crippen LogP contribution in [-0.2, 0) is 9.59 Å². The number of piperidine rings is 1. The van der Waals surface area contributed by atoms with Gasteiger partial charge in [0.2, 0.25) is 0 Å². The first-order valence-corrected chi connectivity index (χ1v) is 7.76. The molecule has 1 aromatic carbocycles. The fraction of sp³-hybridized carbons (Fsp3) is 0.286. The molecule has 3 nitrogen and oxygen atoms in total. The SMILES string of the molecule is C=CC(=O)N1CCCC([Se]c2ccccc2)C1=O. The molecule has 94 valence electrons. The Bertz CT molecular complexity index is 458. The summed E-state index contributed by atoms with van der Waals surface area (Å²) in [5, 5.41) is 0. The van der Waals surface area contributed by atoms with Gasteiger partial charge in [-0.25, -0.2) is 0 Å². The van der Waals surface area contributed by atoms with Crippen molar-refractivity contribution in [2.75, 3.05) is 6.54 Å². The summed E-state index contributed by atoms with van der Waals surface area (Å²) < 4.78 is 1.20. The number of imide groups is 1. The molecule has 1 saturated heterocycles. The fourth-order valence-corrected chi connectivity index (χ4v) is 4.37. The van der Waals surface area contributed by atoms with E-state index in [1.54, 1.807) is 0 Å². The number of hydrogen-bond acceptors (Lipinski definition) is 2. The molecule has 0 N–H and O–H groups in total. The minimum atomic E-state index is -0.270. The topological polar surface area (TPSA) is 37.4 Å². The van der Waals surface area contributed by atoms with Gasteiger partial charge in [0.25, 0.3) is 0 Å². The number of carbonyl (C=O) groups excluding carboxylic acids is 2. The number of carbonyl (C=O) groups is 2. The molecule has 1 atom stereocenters. The molecule has 1 aromatic rings. The molecule has 1 unspecified atom stereocenters. The molecule has 1 aliphatic rings. The standard InChI is InChI=1S/C14H15NO2Se/c1-2-13(16)15-10-6-9-12(14(15)17)18-11-7-4-3-5-8-11/h2-5,7-8,12H,1,6,9-10H2. The van der Waals surface area contributed by atoms with E-state index in [2.05, 4.69) is 6.58 Å². The van der Waals surface area contributed by atoms with Crippen molar-refractivity contribution < 1.29 is 9.59 Å². The number of hydrogen-bond donors (Lipinski definition) is 0. The second kappa shape index (κ2) is 5.98. The van der Waals surface area contributed by atoms with Crippen LogP contribution in [0.25, 0.3) is 0 Å². The number of amides is 2. The third-order valence-electron chi connectivity index (χ3n) is 2.85. The molecule has 0 aromatic heterocycles. The van der Waals surface area contributed by atoms with Crippen LogP contribution in [0.1, 0.15) is 12.8 Å². The Morgan fingerprint density at radius 2 is 2.11 bits per heavy atom. The Morgan fingerprint density at radius 3 is 2.78 bits per heavy atom. The van der Waals surface area contributed by atoms with Crippen molar-refractivity contribution in [3.63, 3.8) is 0 Å². The normalized spacial score (nSPS) is 19.7. The van der Waals surface area contributed by atoms with Gasteiger partial charge in [-0.15, -0.1) is 0 Å². The van der Waals surface area contributed by atoms with Crippen LogP contribution in [0.3, 0.4) is 0 Å². The van der Waals surface area contributed by atoms with Gasteiger partial charge in [0.05, 0.1) is 0 Å². The Hall–Kier alpha value is -1.38. The average molecular weight is 308 g/mol. The predicted molar refractivity (Wildman–Crippen MR) is 71.7 cm³/mol. The van der Waals surface area contributed by atoms with E-state index in [-0.39, 0.29) is 31.6 Å². The number of likely N-dealkylation sites (tertiary alicyclic amines) is 1.